The highest BCUT2D eigenvalue weighted by molar-refractivity contribution is 5.82. The molecule has 1 amide bonds. The number of amides is 1. The summed E-state index contributed by atoms with van der Waals surface area (Å²) in [7, 11) is 0. The molecule has 0 aliphatic rings. The van der Waals surface area contributed by atoms with Crippen molar-refractivity contribution in [1.29, 1.82) is 0 Å². The Morgan fingerprint density at radius 1 is 0.816 bits per heavy atom. The molecule has 0 radical (unpaired) electrons. The minimum Gasteiger partial charge on any atom is -0.460 e. The van der Waals surface area contributed by atoms with Crippen molar-refractivity contribution in [1.82, 2.24) is 5.32 Å². The largest absolute Gasteiger partial charge is 0.460 e. The van der Waals surface area contributed by atoms with Crippen molar-refractivity contribution in [2.75, 3.05) is 52.8 Å². The van der Waals surface area contributed by atoms with Crippen LogP contribution < -0.4 is 5.32 Å². The Bertz CT molecular complexity index is 803. The second kappa shape index (κ2) is 19.6. The van der Waals surface area contributed by atoms with Gasteiger partial charge in [-0.2, -0.15) is 0 Å². The van der Waals surface area contributed by atoms with Gasteiger partial charge < -0.3 is 38.5 Å². The molecule has 0 bridgehead atoms. The number of esters is 4. The number of rotatable bonds is 18. The summed E-state index contributed by atoms with van der Waals surface area (Å²) in [4.78, 5) is 57.5. The SMILES string of the molecule is C=CC(=O)OCCOCCNC(=O)OC(C)C(C)/C=C/C(=O)OCCOC(=O)COCC(=O)OC(C)(C)C. The van der Waals surface area contributed by atoms with E-state index in [1.165, 1.54) is 12.2 Å². The van der Waals surface area contributed by atoms with Crippen molar-refractivity contribution < 1.29 is 57.1 Å². The van der Waals surface area contributed by atoms with Crippen molar-refractivity contribution in [3.05, 3.63) is 24.8 Å². The third-order valence-electron chi connectivity index (χ3n) is 4.17. The number of alkyl carbamates (subject to hydrolysis) is 1. The van der Waals surface area contributed by atoms with Gasteiger partial charge in [0.05, 0.1) is 13.2 Å². The lowest BCUT2D eigenvalue weighted by atomic mass is 10.1. The topological polar surface area (TPSA) is 162 Å². The minimum absolute atomic E-state index is 0.0795. The van der Waals surface area contributed by atoms with Gasteiger partial charge in [-0.05, 0) is 27.7 Å². The average molecular weight is 546 g/mol. The van der Waals surface area contributed by atoms with Crippen LogP contribution in [0.5, 0.6) is 0 Å². The highest BCUT2D eigenvalue weighted by Gasteiger charge is 2.17. The number of nitrogens with one attached hydrogen (secondary N) is 1. The van der Waals surface area contributed by atoms with E-state index in [0.29, 0.717) is 0 Å². The molecule has 0 saturated heterocycles. The monoisotopic (exact) mass is 545 g/mol. The minimum atomic E-state index is -0.724. The molecule has 0 saturated carbocycles. The normalized spacial score (nSPS) is 12.7. The molecule has 2 unspecified atom stereocenters. The summed E-state index contributed by atoms with van der Waals surface area (Å²) in [5.41, 5.74) is -0.653. The van der Waals surface area contributed by atoms with E-state index >= 15 is 0 Å². The number of carbonyl (C=O) groups excluding carboxylic acids is 5. The molecule has 1 N–H and O–H groups in total. The number of carbonyl (C=O) groups is 5. The summed E-state index contributed by atoms with van der Waals surface area (Å²) in [6.45, 7) is 11.3. The second-order valence-corrected chi connectivity index (χ2v) is 8.71. The lowest BCUT2D eigenvalue weighted by molar-refractivity contribution is -0.164. The fraction of sp³-hybridized carbons (Fsp3) is 0.640. The zero-order chi connectivity index (χ0) is 29.0. The molecule has 0 fully saturated rings. The second-order valence-electron chi connectivity index (χ2n) is 8.71. The predicted molar refractivity (Wildman–Crippen MR) is 133 cm³/mol. The van der Waals surface area contributed by atoms with E-state index in [0.717, 1.165) is 6.08 Å². The summed E-state index contributed by atoms with van der Waals surface area (Å²) in [5.74, 6) is -2.83. The molecule has 0 aromatic heterocycles. The molecule has 0 heterocycles. The predicted octanol–water partition coefficient (Wildman–Crippen LogP) is 1.48. The third kappa shape index (κ3) is 20.7. The van der Waals surface area contributed by atoms with Crippen molar-refractivity contribution in [3.63, 3.8) is 0 Å². The molecule has 0 aliphatic carbocycles. The molecule has 216 valence electrons. The lowest BCUT2D eigenvalue weighted by Crippen LogP contribution is -2.32. The quantitative estimate of drug-likeness (QED) is 0.114. The first-order valence-electron chi connectivity index (χ1n) is 12.0. The molecular weight excluding hydrogens is 506 g/mol. The van der Waals surface area contributed by atoms with E-state index in [2.05, 4.69) is 11.9 Å². The molecule has 2 atom stereocenters. The van der Waals surface area contributed by atoms with E-state index in [1.807, 2.05) is 0 Å². The maximum atomic E-state index is 11.8. The van der Waals surface area contributed by atoms with Gasteiger partial charge in [0, 0.05) is 24.6 Å². The van der Waals surface area contributed by atoms with Gasteiger partial charge >= 0.3 is 30.0 Å². The van der Waals surface area contributed by atoms with Gasteiger partial charge in [0.15, 0.2) is 0 Å². The fourth-order valence-electron chi connectivity index (χ4n) is 2.27. The van der Waals surface area contributed by atoms with Crippen LogP contribution in [0.3, 0.4) is 0 Å². The van der Waals surface area contributed by atoms with Gasteiger partial charge in [-0.3, -0.25) is 0 Å². The van der Waals surface area contributed by atoms with Crippen molar-refractivity contribution in [2.24, 2.45) is 5.92 Å². The van der Waals surface area contributed by atoms with E-state index in [4.69, 9.17) is 33.2 Å². The highest BCUT2D eigenvalue weighted by atomic mass is 16.6. The van der Waals surface area contributed by atoms with Crippen LogP contribution >= 0.6 is 0 Å². The molecule has 0 spiro atoms. The average Bonchev–Trinajstić information content (AvgIpc) is 2.83. The summed E-state index contributed by atoms with van der Waals surface area (Å²) in [6.07, 6.45) is 2.55. The molecule has 13 nitrogen and oxygen atoms in total. The number of hydrogen-bond donors (Lipinski definition) is 1. The van der Waals surface area contributed by atoms with Gasteiger partial charge in [-0.25, -0.2) is 24.0 Å². The Hall–Kier alpha value is -3.45. The Morgan fingerprint density at radius 3 is 2.08 bits per heavy atom. The summed E-state index contributed by atoms with van der Waals surface area (Å²) in [5, 5.41) is 2.52. The Labute approximate surface area is 222 Å². The van der Waals surface area contributed by atoms with Crippen LogP contribution in [-0.4, -0.2) is 94.5 Å². The van der Waals surface area contributed by atoms with E-state index < -0.39 is 48.3 Å². The van der Waals surface area contributed by atoms with E-state index in [1.54, 1.807) is 34.6 Å². The summed E-state index contributed by atoms with van der Waals surface area (Å²) >= 11 is 0. The highest BCUT2D eigenvalue weighted by Crippen LogP contribution is 2.09. The summed E-state index contributed by atoms with van der Waals surface area (Å²) in [6, 6.07) is 0. The molecule has 0 aliphatic heterocycles. The van der Waals surface area contributed by atoms with Gasteiger partial charge in [-0.1, -0.05) is 19.6 Å². The van der Waals surface area contributed by atoms with Crippen LogP contribution in [0.15, 0.2) is 24.8 Å². The maximum Gasteiger partial charge on any atom is 0.407 e. The lowest BCUT2D eigenvalue weighted by Gasteiger charge is -2.19. The smallest absolute Gasteiger partial charge is 0.407 e. The fourth-order valence-corrected chi connectivity index (χ4v) is 2.27. The Kier molecular flexibility index (Phi) is 17.9. The van der Waals surface area contributed by atoms with E-state index in [-0.39, 0.29) is 52.1 Å². The van der Waals surface area contributed by atoms with Crippen molar-refractivity contribution in [3.8, 4) is 0 Å². The Balaban J connectivity index is 3.94. The van der Waals surface area contributed by atoms with Crippen molar-refractivity contribution in [2.45, 2.75) is 46.3 Å². The van der Waals surface area contributed by atoms with Gasteiger partial charge in [0.1, 0.15) is 44.7 Å². The van der Waals surface area contributed by atoms with Gasteiger partial charge in [-0.15, -0.1) is 0 Å². The standard InChI is InChI=1S/C25H39NO12/c1-7-20(27)34-13-12-32-11-10-26-24(31)37-19(3)18(2)8-9-21(28)35-14-15-36-22(29)16-33-17-23(30)38-25(4,5)6/h7-9,18-19H,1,10-17H2,2-6H3,(H,26,31)/b9-8+. The third-order valence-corrected chi connectivity index (χ3v) is 4.17. The molecular formula is C25H39NO12. The zero-order valence-electron chi connectivity index (χ0n) is 22.6. The Morgan fingerprint density at radius 2 is 1.42 bits per heavy atom. The number of ether oxygens (including phenoxy) is 7. The van der Waals surface area contributed by atoms with Crippen LogP contribution in [0.4, 0.5) is 4.79 Å². The van der Waals surface area contributed by atoms with Gasteiger partial charge in [0.2, 0.25) is 0 Å². The van der Waals surface area contributed by atoms with Crippen LogP contribution in [0.2, 0.25) is 0 Å². The van der Waals surface area contributed by atoms with Crippen LogP contribution in [0.25, 0.3) is 0 Å². The van der Waals surface area contributed by atoms with Crippen LogP contribution in [-0.2, 0) is 52.3 Å². The van der Waals surface area contributed by atoms with E-state index in [9.17, 15) is 24.0 Å². The summed E-state index contributed by atoms with van der Waals surface area (Å²) < 4.78 is 34.9. The van der Waals surface area contributed by atoms with Gasteiger partial charge in [0.25, 0.3) is 0 Å². The van der Waals surface area contributed by atoms with Crippen LogP contribution in [0, 0.1) is 5.92 Å². The first-order valence-corrected chi connectivity index (χ1v) is 12.0. The molecule has 0 aromatic rings. The molecule has 13 heteroatoms. The van der Waals surface area contributed by atoms with Crippen molar-refractivity contribution >= 4 is 30.0 Å². The first-order chi connectivity index (χ1) is 17.8. The maximum absolute atomic E-state index is 11.8. The van der Waals surface area contributed by atoms with Crippen LogP contribution in [0.1, 0.15) is 34.6 Å². The number of hydrogen-bond acceptors (Lipinski definition) is 12. The molecule has 0 aromatic carbocycles. The first kappa shape index (κ1) is 34.6. The molecule has 38 heavy (non-hydrogen) atoms. The zero-order valence-corrected chi connectivity index (χ0v) is 22.6. The molecule has 0 rings (SSSR count).